The van der Waals surface area contributed by atoms with E-state index in [4.69, 9.17) is 14.2 Å². The van der Waals surface area contributed by atoms with E-state index in [2.05, 4.69) is 6.92 Å². The minimum atomic E-state index is 0.596. The molecule has 3 heteroatoms. The van der Waals surface area contributed by atoms with E-state index in [-0.39, 0.29) is 0 Å². The molecule has 9 atom stereocenters. The Morgan fingerprint density at radius 3 is 0.860 bits per heavy atom. The van der Waals surface area contributed by atoms with Crippen LogP contribution in [-0.2, 0) is 14.2 Å². The number of fused-ring (bicyclic) bond motifs is 3. The van der Waals surface area contributed by atoms with Gasteiger partial charge >= 0.3 is 0 Å². The molecular weight excluding hydrogens is 613 g/mol. The average Bonchev–Trinajstić information content (AvgIpc) is 4.02. The summed E-state index contributed by atoms with van der Waals surface area (Å²) in [7, 11) is 0. The smallest absolute Gasteiger partial charge is 0.0844 e. The van der Waals surface area contributed by atoms with E-state index < -0.39 is 0 Å². The van der Waals surface area contributed by atoms with Gasteiger partial charge in [0, 0.05) is 0 Å². The van der Waals surface area contributed by atoms with Crippen molar-refractivity contribution in [2.75, 3.05) is 0 Å². The molecule has 0 aromatic carbocycles. The monoisotopic (exact) mass is 697 g/mol. The zero-order chi connectivity index (χ0) is 34.3. The van der Waals surface area contributed by atoms with Crippen molar-refractivity contribution in [2.45, 2.75) is 275 Å². The molecule has 50 heavy (non-hydrogen) atoms. The second kappa shape index (κ2) is 21.7. The van der Waals surface area contributed by atoms with Crippen LogP contribution in [0, 0.1) is 23.2 Å². The second-order valence-corrected chi connectivity index (χ2v) is 19.5. The summed E-state index contributed by atoms with van der Waals surface area (Å²) in [5.74, 6) is 2.93. The molecular formula is C47H84O3. The van der Waals surface area contributed by atoms with Crippen molar-refractivity contribution in [2.24, 2.45) is 23.2 Å². The van der Waals surface area contributed by atoms with Gasteiger partial charge in [0.15, 0.2) is 0 Å². The van der Waals surface area contributed by atoms with Gasteiger partial charge in [0.05, 0.1) is 36.6 Å². The average molecular weight is 697 g/mol. The maximum Gasteiger partial charge on any atom is 0.0844 e. The number of hydrogen-bond acceptors (Lipinski definition) is 3. The van der Waals surface area contributed by atoms with Crippen molar-refractivity contribution in [3.8, 4) is 0 Å². The predicted molar refractivity (Wildman–Crippen MR) is 211 cm³/mol. The Labute approximate surface area is 311 Å². The van der Waals surface area contributed by atoms with Crippen molar-refractivity contribution in [1.82, 2.24) is 0 Å². The first-order valence-corrected chi connectivity index (χ1v) is 23.6. The maximum atomic E-state index is 5.75. The fourth-order valence-electron chi connectivity index (χ4n) is 11.2. The lowest BCUT2D eigenvalue weighted by Crippen LogP contribution is -2.16. The first-order valence-electron chi connectivity index (χ1n) is 23.6. The lowest BCUT2D eigenvalue weighted by atomic mass is 9.75. The summed E-state index contributed by atoms with van der Waals surface area (Å²) in [5, 5.41) is 0. The highest BCUT2D eigenvalue weighted by molar-refractivity contribution is 4.93. The van der Waals surface area contributed by atoms with Crippen molar-refractivity contribution >= 4 is 0 Å². The molecule has 0 aromatic rings. The third kappa shape index (κ3) is 15.0. The Balaban J connectivity index is 0.761. The van der Waals surface area contributed by atoms with Crippen LogP contribution in [0.5, 0.6) is 0 Å². The molecule has 3 aliphatic heterocycles. The Morgan fingerprint density at radius 2 is 0.580 bits per heavy atom. The van der Waals surface area contributed by atoms with Gasteiger partial charge in [0.2, 0.25) is 0 Å². The van der Waals surface area contributed by atoms with Gasteiger partial charge in [-0.2, -0.15) is 0 Å². The maximum absolute atomic E-state index is 5.75. The molecule has 3 heterocycles. The molecule has 0 aromatic heterocycles. The highest BCUT2D eigenvalue weighted by Gasteiger charge is 2.45. The quantitative estimate of drug-likeness (QED) is 0.0554. The molecule has 0 amide bonds. The Kier molecular flexibility index (Phi) is 17.2. The summed E-state index contributed by atoms with van der Waals surface area (Å²) >= 11 is 0. The van der Waals surface area contributed by atoms with E-state index in [0.717, 1.165) is 17.8 Å². The minimum Gasteiger partial charge on any atom is -0.370 e. The fraction of sp³-hybridized carbons (Fsp3) is 1.00. The van der Waals surface area contributed by atoms with Crippen molar-refractivity contribution in [1.29, 1.82) is 0 Å². The molecule has 0 radical (unpaired) electrons. The first kappa shape index (κ1) is 39.6. The van der Waals surface area contributed by atoms with Crippen LogP contribution in [0.1, 0.15) is 238 Å². The molecule has 3 aliphatic carbocycles. The molecule has 9 unspecified atom stereocenters. The largest absolute Gasteiger partial charge is 0.370 e. The zero-order valence-electron chi connectivity index (χ0n) is 33.4. The number of hydrogen-bond donors (Lipinski definition) is 0. The van der Waals surface area contributed by atoms with Crippen LogP contribution in [0.25, 0.3) is 0 Å². The summed E-state index contributed by atoms with van der Waals surface area (Å²) < 4.78 is 17.2. The Morgan fingerprint density at radius 1 is 0.320 bits per heavy atom. The molecule has 3 saturated carbocycles. The highest BCUT2D eigenvalue weighted by Crippen LogP contribution is 2.43. The number of rotatable bonds is 30. The summed E-state index contributed by atoms with van der Waals surface area (Å²) in [4.78, 5) is 0. The Hall–Kier alpha value is -0.120. The van der Waals surface area contributed by atoms with E-state index >= 15 is 0 Å². The van der Waals surface area contributed by atoms with E-state index in [9.17, 15) is 0 Å². The van der Waals surface area contributed by atoms with Gasteiger partial charge in [-0.1, -0.05) is 161 Å². The standard InChI is InChI=1S/C47H84O3/c1-47(32-20-14-8-2-5-11-17-23-38-26-29-41-44(35-38)48-41,33-21-15-9-3-6-12-18-24-39-27-30-42-45(36-39)49-42)34-22-16-10-4-7-13-19-25-40-28-31-43-46(37-40)50-43/h38-46H,2-37H2,1H3. The molecule has 0 bridgehead atoms. The Bertz CT molecular complexity index is 791. The van der Waals surface area contributed by atoms with Gasteiger partial charge in [-0.25, -0.2) is 0 Å². The van der Waals surface area contributed by atoms with Crippen LogP contribution in [0.4, 0.5) is 0 Å². The number of epoxide rings is 3. The topological polar surface area (TPSA) is 37.6 Å². The van der Waals surface area contributed by atoms with Crippen molar-refractivity contribution in [3.63, 3.8) is 0 Å². The highest BCUT2D eigenvalue weighted by atomic mass is 16.6. The molecule has 3 saturated heterocycles. The van der Waals surface area contributed by atoms with Crippen LogP contribution < -0.4 is 0 Å². The SMILES string of the molecule is CC(CCCCCCCCCC1CCC2OC2C1)(CCCCCCCCCC1CCC2OC2C1)CCCCCCCCCC1CCC2OC2C1. The first-order chi connectivity index (χ1) is 24.6. The van der Waals surface area contributed by atoms with Gasteiger partial charge in [0.25, 0.3) is 0 Å². The minimum absolute atomic E-state index is 0.596. The molecule has 6 rings (SSSR count). The summed E-state index contributed by atoms with van der Waals surface area (Å²) in [5.41, 5.74) is 0.596. The molecule has 0 N–H and O–H groups in total. The van der Waals surface area contributed by atoms with Gasteiger partial charge in [-0.05, 0) is 100 Å². The number of unbranched alkanes of at least 4 members (excludes halogenated alkanes) is 18. The normalized spacial score (nSPS) is 33.7. The van der Waals surface area contributed by atoms with Crippen molar-refractivity contribution in [3.05, 3.63) is 0 Å². The predicted octanol–water partition coefficient (Wildman–Crippen LogP) is 14.2. The van der Waals surface area contributed by atoms with E-state index in [1.807, 2.05) is 0 Å². The van der Waals surface area contributed by atoms with Crippen LogP contribution >= 0.6 is 0 Å². The molecule has 0 spiro atoms. The fourth-order valence-corrected chi connectivity index (χ4v) is 11.2. The van der Waals surface area contributed by atoms with Crippen LogP contribution in [0.2, 0.25) is 0 Å². The summed E-state index contributed by atoms with van der Waals surface area (Å²) in [6.45, 7) is 2.69. The van der Waals surface area contributed by atoms with Crippen molar-refractivity contribution < 1.29 is 14.2 Å². The molecule has 3 nitrogen and oxygen atoms in total. The lowest BCUT2D eigenvalue weighted by molar-refractivity contribution is 0.222. The van der Waals surface area contributed by atoms with Gasteiger partial charge in [0.1, 0.15) is 0 Å². The third-order valence-corrected chi connectivity index (χ3v) is 15.0. The summed E-state index contributed by atoms with van der Waals surface area (Å²) in [6.07, 6.45) is 56.3. The molecule has 6 fully saturated rings. The van der Waals surface area contributed by atoms with E-state index in [1.54, 1.807) is 0 Å². The third-order valence-electron chi connectivity index (χ3n) is 15.0. The van der Waals surface area contributed by atoms with Crippen LogP contribution in [-0.4, -0.2) is 36.6 Å². The summed E-state index contributed by atoms with van der Waals surface area (Å²) in [6, 6.07) is 0. The van der Waals surface area contributed by atoms with Gasteiger partial charge < -0.3 is 14.2 Å². The lowest BCUT2D eigenvalue weighted by Gasteiger charge is -2.30. The number of ether oxygens (including phenoxy) is 3. The van der Waals surface area contributed by atoms with Crippen LogP contribution in [0.3, 0.4) is 0 Å². The van der Waals surface area contributed by atoms with Gasteiger partial charge in [-0.15, -0.1) is 0 Å². The van der Waals surface area contributed by atoms with Gasteiger partial charge in [-0.3, -0.25) is 0 Å². The van der Waals surface area contributed by atoms with E-state index in [0.29, 0.717) is 42.0 Å². The molecule has 6 aliphatic rings. The van der Waals surface area contributed by atoms with Crippen LogP contribution in [0.15, 0.2) is 0 Å². The zero-order valence-corrected chi connectivity index (χ0v) is 33.4. The second-order valence-electron chi connectivity index (χ2n) is 19.5. The van der Waals surface area contributed by atoms with E-state index in [1.165, 1.54) is 231 Å². The molecule has 290 valence electrons.